The lowest BCUT2D eigenvalue weighted by molar-refractivity contribution is -0.133. The molecular formula is C10H22N4O3S. The lowest BCUT2D eigenvalue weighted by Gasteiger charge is -2.35. The molecule has 7 nitrogen and oxygen atoms in total. The Bertz CT molecular complexity index is 394. The molecule has 1 aliphatic heterocycles. The summed E-state index contributed by atoms with van der Waals surface area (Å²) in [6.45, 7) is 4.70. The van der Waals surface area contributed by atoms with Crippen molar-refractivity contribution in [3.63, 3.8) is 0 Å². The van der Waals surface area contributed by atoms with Crippen LogP contribution in [0.4, 0.5) is 0 Å². The molecule has 0 spiro atoms. The van der Waals surface area contributed by atoms with E-state index in [4.69, 9.17) is 0 Å². The fourth-order valence-corrected chi connectivity index (χ4v) is 3.41. The molecule has 0 aromatic rings. The Morgan fingerprint density at radius 3 is 2.56 bits per heavy atom. The van der Waals surface area contributed by atoms with Crippen molar-refractivity contribution < 1.29 is 13.2 Å². The summed E-state index contributed by atoms with van der Waals surface area (Å²) in [6.07, 6.45) is 0. The lowest BCUT2D eigenvalue weighted by atomic mass is 10.2. The van der Waals surface area contributed by atoms with Gasteiger partial charge in [0.15, 0.2) is 0 Å². The van der Waals surface area contributed by atoms with Crippen LogP contribution in [-0.4, -0.2) is 69.3 Å². The molecule has 1 atom stereocenters. The molecule has 2 N–H and O–H groups in total. The molecular weight excluding hydrogens is 256 g/mol. The summed E-state index contributed by atoms with van der Waals surface area (Å²) < 4.78 is 28.1. The number of nitrogens with one attached hydrogen (secondary N) is 2. The highest BCUT2D eigenvalue weighted by Crippen LogP contribution is 2.11. The van der Waals surface area contributed by atoms with Crippen molar-refractivity contribution in [2.24, 2.45) is 0 Å². The van der Waals surface area contributed by atoms with Gasteiger partial charge in [-0.3, -0.25) is 4.79 Å². The molecule has 1 rings (SSSR count). The SMILES string of the molecule is CC(C)NS(=O)(=O)N1CCNCC1C(=O)N(C)C. The van der Waals surface area contributed by atoms with Gasteiger partial charge in [-0.05, 0) is 13.8 Å². The van der Waals surface area contributed by atoms with Gasteiger partial charge in [0.25, 0.3) is 10.2 Å². The molecule has 0 saturated carbocycles. The van der Waals surface area contributed by atoms with Gasteiger partial charge in [-0.2, -0.15) is 17.4 Å². The Morgan fingerprint density at radius 1 is 1.44 bits per heavy atom. The minimum atomic E-state index is -3.61. The third-order valence-electron chi connectivity index (χ3n) is 2.61. The molecule has 18 heavy (non-hydrogen) atoms. The minimum Gasteiger partial charge on any atom is -0.347 e. The zero-order chi connectivity index (χ0) is 13.9. The molecule has 0 radical (unpaired) electrons. The van der Waals surface area contributed by atoms with Crippen LogP contribution < -0.4 is 10.0 Å². The maximum Gasteiger partial charge on any atom is 0.280 e. The maximum absolute atomic E-state index is 12.1. The molecule has 8 heteroatoms. The second kappa shape index (κ2) is 5.96. The van der Waals surface area contributed by atoms with E-state index in [0.717, 1.165) is 0 Å². The van der Waals surface area contributed by atoms with Gasteiger partial charge in [0.2, 0.25) is 5.91 Å². The monoisotopic (exact) mass is 278 g/mol. The largest absolute Gasteiger partial charge is 0.347 e. The average molecular weight is 278 g/mol. The molecule has 0 aromatic heterocycles. The van der Waals surface area contributed by atoms with Crippen LogP contribution in [-0.2, 0) is 15.0 Å². The predicted octanol–water partition coefficient (Wildman–Crippen LogP) is -1.41. The molecule has 0 bridgehead atoms. The number of amides is 1. The molecule has 1 amide bonds. The van der Waals surface area contributed by atoms with E-state index < -0.39 is 16.3 Å². The Morgan fingerprint density at radius 2 is 2.06 bits per heavy atom. The lowest BCUT2D eigenvalue weighted by Crippen LogP contribution is -2.61. The summed E-state index contributed by atoms with van der Waals surface area (Å²) in [5.41, 5.74) is 0. The number of hydrogen-bond acceptors (Lipinski definition) is 4. The second-order valence-corrected chi connectivity index (χ2v) is 6.50. The molecule has 1 heterocycles. The van der Waals surface area contributed by atoms with E-state index in [1.54, 1.807) is 27.9 Å². The van der Waals surface area contributed by atoms with Crippen LogP contribution in [0, 0.1) is 0 Å². The van der Waals surface area contributed by atoms with Gasteiger partial charge in [-0.1, -0.05) is 0 Å². The fourth-order valence-electron chi connectivity index (χ4n) is 1.85. The van der Waals surface area contributed by atoms with Gasteiger partial charge in [0.05, 0.1) is 0 Å². The van der Waals surface area contributed by atoms with E-state index in [-0.39, 0.29) is 11.9 Å². The van der Waals surface area contributed by atoms with E-state index in [1.807, 2.05) is 0 Å². The summed E-state index contributed by atoms with van der Waals surface area (Å²) in [5, 5.41) is 3.04. The maximum atomic E-state index is 12.1. The number of carbonyl (C=O) groups excluding carboxylic acids is 1. The van der Waals surface area contributed by atoms with Gasteiger partial charge in [0.1, 0.15) is 6.04 Å². The van der Waals surface area contributed by atoms with E-state index in [0.29, 0.717) is 19.6 Å². The molecule has 0 aromatic carbocycles. The smallest absolute Gasteiger partial charge is 0.280 e. The van der Waals surface area contributed by atoms with Crippen molar-refractivity contribution in [2.75, 3.05) is 33.7 Å². The van der Waals surface area contributed by atoms with Crippen molar-refractivity contribution in [3.05, 3.63) is 0 Å². The summed E-state index contributed by atoms with van der Waals surface area (Å²) >= 11 is 0. The quantitative estimate of drug-likeness (QED) is 0.662. The molecule has 1 saturated heterocycles. The third kappa shape index (κ3) is 3.64. The van der Waals surface area contributed by atoms with Gasteiger partial charge in [0, 0.05) is 39.8 Å². The predicted molar refractivity (Wildman–Crippen MR) is 69.2 cm³/mol. The van der Waals surface area contributed by atoms with E-state index >= 15 is 0 Å². The standard InChI is InChI=1S/C10H22N4O3S/c1-8(2)12-18(16,17)14-6-5-11-7-9(14)10(15)13(3)4/h8-9,11-12H,5-7H2,1-4H3. The van der Waals surface area contributed by atoms with Gasteiger partial charge < -0.3 is 10.2 Å². The third-order valence-corrected chi connectivity index (χ3v) is 4.44. The first kappa shape index (κ1) is 15.4. The summed E-state index contributed by atoms with van der Waals surface area (Å²) in [4.78, 5) is 13.4. The number of rotatable bonds is 4. The molecule has 106 valence electrons. The van der Waals surface area contributed by atoms with Crippen molar-refractivity contribution in [3.8, 4) is 0 Å². The molecule has 0 aliphatic carbocycles. The van der Waals surface area contributed by atoms with Crippen LogP contribution in [0.5, 0.6) is 0 Å². The van der Waals surface area contributed by atoms with Crippen LogP contribution in [0.1, 0.15) is 13.8 Å². The first-order valence-corrected chi connectivity index (χ1v) is 7.40. The molecule has 1 fully saturated rings. The highest BCUT2D eigenvalue weighted by atomic mass is 32.2. The van der Waals surface area contributed by atoms with E-state index in [9.17, 15) is 13.2 Å². The highest BCUT2D eigenvalue weighted by molar-refractivity contribution is 7.87. The number of hydrogen-bond donors (Lipinski definition) is 2. The van der Waals surface area contributed by atoms with Crippen LogP contribution in [0.25, 0.3) is 0 Å². The van der Waals surface area contributed by atoms with Gasteiger partial charge >= 0.3 is 0 Å². The molecule has 1 unspecified atom stereocenters. The Hall–Kier alpha value is -0.700. The number of nitrogens with zero attached hydrogens (tertiary/aromatic N) is 2. The zero-order valence-corrected chi connectivity index (χ0v) is 12.1. The van der Waals surface area contributed by atoms with Crippen molar-refractivity contribution in [1.82, 2.24) is 19.2 Å². The van der Waals surface area contributed by atoms with E-state index in [1.165, 1.54) is 9.21 Å². The van der Waals surface area contributed by atoms with Crippen LogP contribution in [0.15, 0.2) is 0 Å². The number of likely N-dealkylation sites (N-methyl/N-ethyl adjacent to an activating group) is 1. The normalized spacial score (nSPS) is 22.2. The average Bonchev–Trinajstić information content (AvgIpc) is 2.26. The van der Waals surface area contributed by atoms with Crippen LogP contribution >= 0.6 is 0 Å². The summed E-state index contributed by atoms with van der Waals surface area (Å²) in [7, 11) is -0.369. The number of piperazine rings is 1. The van der Waals surface area contributed by atoms with Crippen LogP contribution in [0.2, 0.25) is 0 Å². The second-order valence-electron chi connectivity index (χ2n) is 4.84. The summed E-state index contributed by atoms with van der Waals surface area (Å²) in [5.74, 6) is -0.212. The first-order chi connectivity index (χ1) is 8.25. The van der Waals surface area contributed by atoms with Gasteiger partial charge in [-0.25, -0.2) is 0 Å². The first-order valence-electron chi connectivity index (χ1n) is 5.96. The van der Waals surface area contributed by atoms with Crippen molar-refractivity contribution in [2.45, 2.75) is 25.9 Å². The highest BCUT2D eigenvalue weighted by Gasteiger charge is 2.37. The fraction of sp³-hybridized carbons (Fsp3) is 0.900. The summed E-state index contributed by atoms with van der Waals surface area (Å²) in [6, 6.07) is -0.870. The molecule has 1 aliphatic rings. The zero-order valence-electron chi connectivity index (χ0n) is 11.3. The van der Waals surface area contributed by atoms with E-state index in [2.05, 4.69) is 10.0 Å². The minimum absolute atomic E-state index is 0.194. The van der Waals surface area contributed by atoms with Gasteiger partial charge in [-0.15, -0.1) is 0 Å². The van der Waals surface area contributed by atoms with Crippen molar-refractivity contribution in [1.29, 1.82) is 0 Å². The Kier molecular flexibility index (Phi) is 5.09. The topological polar surface area (TPSA) is 81.8 Å². The Balaban J connectivity index is 2.92. The Labute approximate surface area is 109 Å². The van der Waals surface area contributed by atoms with Crippen LogP contribution in [0.3, 0.4) is 0 Å². The number of carbonyl (C=O) groups is 1. The van der Waals surface area contributed by atoms with Crippen molar-refractivity contribution >= 4 is 16.1 Å².